The number of rotatable bonds is 5. The third-order valence-electron chi connectivity index (χ3n) is 3.40. The van der Waals surface area contributed by atoms with Gasteiger partial charge in [0.25, 0.3) is 0 Å². The Balaban J connectivity index is 3.28. The Kier molecular flexibility index (Phi) is 5.71. The molecule has 0 N–H and O–H groups in total. The highest BCUT2D eigenvalue weighted by Gasteiger charge is 2.23. The largest absolute Gasteiger partial charge is 0.493 e. The van der Waals surface area contributed by atoms with Crippen molar-refractivity contribution in [1.29, 1.82) is 0 Å². The van der Waals surface area contributed by atoms with Crippen LogP contribution in [0.2, 0.25) is 0 Å². The second-order valence-electron chi connectivity index (χ2n) is 5.65. The summed E-state index contributed by atoms with van der Waals surface area (Å²) in [7, 11) is 6.95. The molecule has 1 aromatic carbocycles. The first-order valence-corrected chi connectivity index (χ1v) is 7.24. The third kappa shape index (κ3) is 3.58. The van der Waals surface area contributed by atoms with Gasteiger partial charge < -0.3 is 14.2 Å². The van der Waals surface area contributed by atoms with Crippen LogP contribution in [-0.2, 0) is 6.54 Å². The Morgan fingerprint density at radius 2 is 1.60 bits per heavy atom. The molecule has 4 nitrogen and oxygen atoms in total. The molecule has 0 heterocycles. The second kappa shape index (κ2) is 6.68. The van der Waals surface area contributed by atoms with E-state index in [-0.39, 0.29) is 5.54 Å². The highest BCUT2D eigenvalue weighted by Crippen LogP contribution is 2.45. The van der Waals surface area contributed by atoms with Crippen molar-refractivity contribution in [3.8, 4) is 17.2 Å². The van der Waals surface area contributed by atoms with Gasteiger partial charge in [-0.15, -0.1) is 0 Å². The molecule has 0 radical (unpaired) electrons. The third-order valence-corrected chi connectivity index (χ3v) is 4.27. The van der Waals surface area contributed by atoms with Crippen molar-refractivity contribution in [2.75, 3.05) is 28.4 Å². The molecule has 20 heavy (non-hydrogen) atoms. The van der Waals surface area contributed by atoms with Crippen LogP contribution < -0.4 is 14.2 Å². The van der Waals surface area contributed by atoms with Gasteiger partial charge in [0.15, 0.2) is 11.5 Å². The van der Waals surface area contributed by atoms with Gasteiger partial charge >= 0.3 is 0 Å². The van der Waals surface area contributed by atoms with Crippen LogP contribution in [0.1, 0.15) is 26.3 Å². The predicted molar refractivity (Wildman–Crippen MR) is 85.0 cm³/mol. The second-order valence-corrected chi connectivity index (χ2v) is 6.44. The normalized spacial score (nSPS) is 11.7. The van der Waals surface area contributed by atoms with Crippen LogP contribution in [-0.4, -0.2) is 38.8 Å². The summed E-state index contributed by atoms with van der Waals surface area (Å²) in [6.45, 7) is 7.32. The molecule has 0 atom stereocenters. The molecule has 114 valence electrons. The van der Waals surface area contributed by atoms with Crippen molar-refractivity contribution < 1.29 is 14.2 Å². The van der Waals surface area contributed by atoms with E-state index in [0.717, 1.165) is 16.6 Å². The lowest BCUT2D eigenvalue weighted by Gasteiger charge is -2.32. The number of hydrogen-bond acceptors (Lipinski definition) is 4. The molecular weight excluding hydrogens is 322 g/mol. The number of benzene rings is 1. The van der Waals surface area contributed by atoms with Crippen molar-refractivity contribution in [2.24, 2.45) is 0 Å². The average Bonchev–Trinajstić information content (AvgIpc) is 2.38. The highest BCUT2D eigenvalue weighted by atomic mass is 79.9. The van der Waals surface area contributed by atoms with Crippen LogP contribution in [0.25, 0.3) is 0 Å². The van der Waals surface area contributed by atoms with E-state index in [4.69, 9.17) is 14.2 Å². The summed E-state index contributed by atoms with van der Waals surface area (Å²) in [5.41, 5.74) is 1.18. The highest BCUT2D eigenvalue weighted by molar-refractivity contribution is 9.10. The molecule has 0 saturated carbocycles. The molecule has 1 aromatic rings. The summed E-state index contributed by atoms with van der Waals surface area (Å²) in [6, 6.07) is 1.98. The Bertz CT molecular complexity index is 469. The van der Waals surface area contributed by atoms with E-state index in [2.05, 4.69) is 48.6 Å². The Hall–Kier alpha value is -0.940. The fraction of sp³-hybridized carbons (Fsp3) is 0.600. The standard InChI is InChI=1S/C15H24BrNO3/c1-15(2,3)17(4)9-10-8-11(18-5)13(19-6)14(20-7)12(10)16/h8H,9H2,1-7H3. The molecular formula is C15H24BrNO3. The number of ether oxygens (including phenoxy) is 3. The van der Waals surface area contributed by atoms with E-state index in [9.17, 15) is 0 Å². The fourth-order valence-corrected chi connectivity index (χ4v) is 2.36. The minimum absolute atomic E-state index is 0.0832. The molecule has 0 aromatic heterocycles. The van der Waals surface area contributed by atoms with Crippen molar-refractivity contribution in [3.63, 3.8) is 0 Å². The molecule has 0 amide bonds. The van der Waals surface area contributed by atoms with Gasteiger partial charge in [0, 0.05) is 12.1 Å². The van der Waals surface area contributed by atoms with Crippen LogP contribution in [0.5, 0.6) is 17.2 Å². The van der Waals surface area contributed by atoms with Crippen molar-refractivity contribution in [2.45, 2.75) is 32.9 Å². The summed E-state index contributed by atoms with van der Waals surface area (Å²) in [4.78, 5) is 2.26. The van der Waals surface area contributed by atoms with E-state index >= 15 is 0 Å². The zero-order valence-electron chi connectivity index (χ0n) is 13.3. The predicted octanol–water partition coefficient (Wildman–Crippen LogP) is 3.71. The molecule has 0 bridgehead atoms. The summed E-state index contributed by atoms with van der Waals surface area (Å²) in [5.74, 6) is 1.93. The fourth-order valence-electron chi connectivity index (χ4n) is 1.78. The van der Waals surface area contributed by atoms with Crippen LogP contribution >= 0.6 is 15.9 Å². The minimum Gasteiger partial charge on any atom is -0.493 e. The SMILES string of the molecule is COc1cc(CN(C)C(C)(C)C)c(Br)c(OC)c1OC. The van der Waals surface area contributed by atoms with Gasteiger partial charge in [0.05, 0.1) is 25.8 Å². The Morgan fingerprint density at radius 1 is 1.05 bits per heavy atom. The molecule has 0 spiro atoms. The van der Waals surface area contributed by atoms with Gasteiger partial charge in [0.1, 0.15) is 0 Å². The van der Waals surface area contributed by atoms with Crippen molar-refractivity contribution in [3.05, 3.63) is 16.1 Å². The first-order valence-electron chi connectivity index (χ1n) is 6.44. The van der Waals surface area contributed by atoms with Gasteiger partial charge in [-0.1, -0.05) is 0 Å². The van der Waals surface area contributed by atoms with Crippen LogP contribution in [0.4, 0.5) is 0 Å². The van der Waals surface area contributed by atoms with Crippen molar-refractivity contribution in [1.82, 2.24) is 4.90 Å². The summed E-state index contributed by atoms with van der Waals surface area (Å²) in [5, 5.41) is 0. The molecule has 0 saturated heterocycles. The lowest BCUT2D eigenvalue weighted by molar-refractivity contribution is 0.166. The van der Waals surface area contributed by atoms with Gasteiger partial charge in [-0.3, -0.25) is 4.90 Å². The molecule has 0 aliphatic heterocycles. The number of nitrogens with zero attached hydrogens (tertiary/aromatic N) is 1. The Labute approximate surface area is 130 Å². The van der Waals surface area contributed by atoms with E-state index in [0.29, 0.717) is 17.2 Å². The summed E-state index contributed by atoms with van der Waals surface area (Å²) < 4.78 is 17.1. The lowest BCUT2D eigenvalue weighted by atomic mass is 10.1. The van der Waals surface area contributed by atoms with Crippen LogP contribution in [0.3, 0.4) is 0 Å². The topological polar surface area (TPSA) is 30.9 Å². The quantitative estimate of drug-likeness (QED) is 0.813. The van der Waals surface area contributed by atoms with Crippen LogP contribution in [0, 0.1) is 0 Å². The molecule has 5 heteroatoms. The summed E-state index contributed by atoms with van der Waals surface area (Å²) in [6.07, 6.45) is 0. The molecule has 0 aliphatic rings. The average molecular weight is 346 g/mol. The van der Waals surface area contributed by atoms with Crippen LogP contribution in [0.15, 0.2) is 10.5 Å². The number of methoxy groups -OCH3 is 3. The van der Waals surface area contributed by atoms with Gasteiger partial charge in [0.2, 0.25) is 5.75 Å². The zero-order valence-corrected chi connectivity index (χ0v) is 14.9. The van der Waals surface area contributed by atoms with E-state index < -0.39 is 0 Å². The smallest absolute Gasteiger partial charge is 0.204 e. The summed E-state index contributed by atoms with van der Waals surface area (Å²) >= 11 is 3.60. The van der Waals surface area contributed by atoms with E-state index in [1.54, 1.807) is 21.3 Å². The van der Waals surface area contributed by atoms with Gasteiger partial charge in [-0.05, 0) is 55.4 Å². The molecule has 0 aliphatic carbocycles. The number of hydrogen-bond donors (Lipinski definition) is 0. The monoisotopic (exact) mass is 345 g/mol. The molecule has 0 unspecified atom stereocenters. The molecule has 1 rings (SSSR count). The maximum Gasteiger partial charge on any atom is 0.204 e. The maximum absolute atomic E-state index is 5.45. The molecule has 0 fully saturated rings. The first kappa shape index (κ1) is 17.1. The first-order chi connectivity index (χ1) is 9.26. The van der Waals surface area contributed by atoms with Gasteiger partial charge in [-0.25, -0.2) is 0 Å². The van der Waals surface area contributed by atoms with Crippen molar-refractivity contribution >= 4 is 15.9 Å². The Morgan fingerprint density at radius 3 is 2.00 bits per heavy atom. The lowest BCUT2D eigenvalue weighted by Crippen LogP contribution is -2.37. The van der Waals surface area contributed by atoms with E-state index in [1.807, 2.05) is 6.07 Å². The van der Waals surface area contributed by atoms with E-state index in [1.165, 1.54) is 0 Å². The number of halogens is 1. The minimum atomic E-state index is 0.0832. The maximum atomic E-state index is 5.45. The zero-order chi connectivity index (χ0) is 15.5. The van der Waals surface area contributed by atoms with Gasteiger partial charge in [-0.2, -0.15) is 0 Å².